The van der Waals surface area contributed by atoms with E-state index in [-0.39, 0.29) is 0 Å². The monoisotopic (exact) mass is 310 g/mol. The van der Waals surface area contributed by atoms with Gasteiger partial charge in [0.25, 0.3) is 0 Å². The molecule has 0 unspecified atom stereocenters. The van der Waals surface area contributed by atoms with Crippen molar-refractivity contribution in [2.45, 2.75) is 19.4 Å². The van der Waals surface area contributed by atoms with Crippen LogP contribution in [0.25, 0.3) is 0 Å². The summed E-state index contributed by atoms with van der Waals surface area (Å²) in [5.74, 6) is 0.238. The molecule has 0 saturated carbocycles. The molecule has 2 amide bonds. The summed E-state index contributed by atoms with van der Waals surface area (Å²) in [6, 6.07) is 5.98. The molecular weight excluding hydrogens is 288 g/mol. The van der Waals surface area contributed by atoms with E-state index in [0.717, 1.165) is 0 Å². The fourth-order valence-electron chi connectivity index (χ4n) is 1.68. The molecule has 0 aliphatic heterocycles. The van der Waals surface area contributed by atoms with Gasteiger partial charge in [0.05, 0.1) is 13.7 Å². The molecule has 0 saturated heterocycles. The third kappa shape index (κ3) is 5.51. The van der Waals surface area contributed by atoms with E-state index in [0.29, 0.717) is 31.1 Å². The number of hydrogen-bond acceptors (Lipinski definition) is 4. The molecule has 1 aromatic carbocycles. The molecule has 0 spiro atoms. The van der Waals surface area contributed by atoms with E-state index in [9.17, 15) is 9.59 Å². The molecular formula is C15H22N2O5. The number of benzene rings is 1. The lowest BCUT2D eigenvalue weighted by atomic mass is 10.3. The number of carboxylic acids is 1. The highest BCUT2D eigenvalue weighted by Gasteiger charge is 2.16. The highest BCUT2D eigenvalue weighted by atomic mass is 16.5. The number of carbonyl (C=O) groups excluding carboxylic acids is 1. The zero-order chi connectivity index (χ0) is 16.5. The molecule has 0 fully saturated rings. The minimum atomic E-state index is -1.07. The van der Waals surface area contributed by atoms with Gasteiger partial charge in [-0.2, -0.15) is 0 Å². The molecule has 7 nitrogen and oxygen atoms in total. The van der Waals surface area contributed by atoms with Crippen LogP contribution in [-0.2, 0) is 4.79 Å². The van der Waals surface area contributed by atoms with E-state index in [1.807, 2.05) is 24.3 Å². The van der Waals surface area contributed by atoms with Crippen LogP contribution >= 0.6 is 0 Å². The van der Waals surface area contributed by atoms with Gasteiger partial charge in [-0.1, -0.05) is 12.1 Å². The maximum Gasteiger partial charge on any atom is 0.325 e. The minimum absolute atomic E-state index is 0.423. The summed E-state index contributed by atoms with van der Waals surface area (Å²) in [4.78, 5) is 23.8. The Morgan fingerprint density at radius 1 is 1.32 bits per heavy atom. The first-order valence-corrected chi connectivity index (χ1v) is 6.96. The zero-order valence-electron chi connectivity index (χ0n) is 13.0. The Kier molecular flexibility index (Phi) is 7.01. The van der Waals surface area contributed by atoms with Gasteiger partial charge in [-0.15, -0.1) is 0 Å². The number of para-hydroxylation sites is 2. The average molecular weight is 310 g/mol. The molecule has 0 radical (unpaired) electrons. The van der Waals surface area contributed by atoms with Crippen LogP contribution in [0.5, 0.6) is 11.5 Å². The van der Waals surface area contributed by atoms with Crippen LogP contribution in [0.4, 0.5) is 4.79 Å². The van der Waals surface area contributed by atoms with Crippen molar-refractivity contribution in [1.82, 2.24) is 10.2 Å². The second-order valence-corrected chi connectivity index (χ2v) is 4.78. The lowest BCUT2D eigenvalue weighted by Gasteiger charge is -2.19. The summed E-state index contributed by atoms with van der Waals surface area (Å²) in [7, 11) is 3.18. The van der Waals surface area contributed by atoms with Crippen molar-refractivity contribution in [3.63, 3.8) is 0 Å². The van der Waals surface area contributed by atoms with Crippen molar-refractivity contribution in [3.8, 4) is 11.5 Å². The average Bonchev–Trinajstić information content (AvgIpc) is 2.51. The van der Waals surface area contributed by atoms with Gasteiger partial charge in [0.1, 0.15) is 6.04 Å². The van der Waals surface area contributed by atoms with E-state index in [1.165, 1.54) is 11.8 Å². The molecule has 0 aliphatic rings. The van der Waals surface area contributed by atoms with Crippen molar-refractivity contribution >= 4 is 12.0 Å². The molecule has 7 heteroatoms. The standard InChI is InChI=1S/C15H22N2O5/c1-11(14(18)19)16-15(20)17(2)9-6-10-22-13-8-5-4-7-12(13)21-3/h4-5,7-8,11H,6,9-10H2,1-3H3,(H,16,20)(H,18,19)/t11-/m1/s1. The Balaban J connectivity index is 2.31. The zero-order valence-corrected chi connectivity index (χ0v) is 13.0. The van der Waals surface area contributed by atoms with Gasteiger partial charge < -0.3 is 24.8 Å². The van der Waals surface area contributed by atoms with E-state index in [1.54, 1.807) is 14.2 Å². The highest BCUT2D eigenvalue weighted by molar-refractivity contribution is 5.82. The van der Waals surface area contributed by atoms with Crippen LogP contribution in [0.2, 0.25) is 0 Å². The SMILES string of the molecule is COc1ccccc1OCCCN(C)C(=O)N[C@H](C)C(=O)O. The molecule has 22 heavy (non-hydrogen) atoms. The predicted octanol–water partition coefficient (Wildman–Crippen LogP) is 1.58. The Morgan fingerprint density at radius 3 is 2.55 bits per heavy atom. The van der Waals surface area contributed by atoms with Gasteiger partial charge >= 0.3 is 12.0 Å². The summed E-state index contributed by atoms with van der Waals surface area (Å²) in [6.07, 6.45) is 0.615. The topological polar surface area (TPSA) is 88.1 Å². The third-order valence-electron chi connectivity index (χ3n) is 3.02. The van der Waals surface area contributed by atoms with Crippen molar-refractivity contribution in [2.24, 2.45) is 0 Å². The van der Waals surface area contributed by atoms with E-state index >= 15 is 0 Å². The fourth-order valence-corrected chi connectivity index (χ4v) is 1.68. The third-order valence-corrected chi connectivity index (χ3v) is 3.02. The smallest absolute Gasteiger partial charge is 0.325 e. The Hall–Kier alpha value is -2.44. The van der Waals surface area contributed by atoms with Gasteiger partial charge in [-0.05, 0) is 25.5 Å². The molecule has 122 valence electrons. The second kappa shape index (κ2) is 8.76. The predicted molar refractivity (Wildman–Crippen MR) is 81.4 cm³/mol. The maximum absolute atomic E-state index is 11.7. The summed E-state index contributed by atoms with van der Waals surface area (Å²) >= 11 is 0. The first kappa shape index (κ1) is 17.6. The van der Waals surface area contributed by atoms with Crippen LogP contribution in [0.3, 0.4) is 0 Å². The van der Waals surface area contributed by atoms with Crippen molar-refractivity contribution < 1.29 is 24.2 Å². The Labute approximate surface area is 129 Å². The van der Waals surface area contributed by atoms with Crippen molar-refractivity contribution in [1.29, 1.82) is 0 Å². The molecule has 0 bridgehead atoms. The number of ether oxygens (including phenoxy) is 2. The quantitative estimate of drug-likeness (QED) is 0.712. The van der Waals surface area contributed by atoms with Gasteiger partial charge in [0.15, 0.2) is 11.5 Å². The summed E-state index contributed by atoms with van der Waals surface area (Å²) in [6.45, 7) is 2.29. The van der Waals surface area contributed by atoms with Crippen LogP contribution in [0.1, 0.15) is 13.3 Å². The largest absolute Gasteiger partial charge is 0.493 e. The van der Waals surface area contributed by atoms with E-state index in [4.69, 9.17) is 14.6 Å². The summed E-state index contributed by atoms with van der Waals surface area (Å²) < 4.78 is 10.8. The second-order valence-electron chi connectivity index (χ2n) is 4.78. The van der Waals surface area contributed by atoms with Crippen LogP contribution in [-0.4, -0.2) is 55.4 Å². The molecule has 2 N–H and O–H groups in total. The molecule has 1 atom stereocenters. The van der Waals surface area contributed by atoms with E-state index < -0.39 is 18.0 Å². The number of aliphatic carboxylic acids is 1. The van der Waals surface area contributed by atoms with Gasteiger partial charge in [-0.25, -0.2) is 4.79 Å². The van der Waals surface area contributed by atoms with E-state index in [2.05, 4.69) is 5.32 Å². The number of amides is 2. The van der Waals surface area contributed by atoms with Crippen LogP contribution < -0.4 is 14.8 Å². The molecule has 0 aromatic heterocycles. The number of nitrogens with one attached hydrogen (secondary N) is 1. The Bertz CT molecular complexity index is 506. The summed E-state index contributed by atoms with van der Waals surface area (Å²) in [5.41, 5.74) is 0. The normalized spacial score (nSPS) is 11.4. The molecule has 1 aromatic rings. The number of rotatable bonds is 8. The number of hydrogen-bond donors (Lipinski definition) is 2. The molecule has 0 heterocycles. The van der Waals surface area contributed by atoms with Gasteiger partial charge in [0.2, 0.25) is 0 Å². The lowest BCUT2D eigenvalue weighted by molar-refractivity contribution is -0.138. The van der Waals surface area contributed by atoms with Gasteiger partial charge in [-0.3, -0.25) is 4.79 Å². The minimum Gasteiger partial charge on any atom is -0.493 e. The highest BCUT2D eigenvalue weighted by Crippen LogP contribution is 2.25. The Morgan fingerprint density at radius 2 is 1.95 bits per heavy atom. The number of carboxylic acid groups (broad SMARTS) is 1. The number of methoxy groups -OCH3 is 1. The maximum atomic E-state index is 11.7. The van der Waals surface area contributed by atoms with Crippen molar-refractivity contribution in [3.05, 3.63) is 24.3 Å². The lowest BCUT2D eigenvalue weighted by Crippen LogP contribution is -2.45. The first-order chi connectivity index (χ1) is 10.5. The number of urea groups is 1. The number of carbonyl (C=O) groups is 2. The fraction of sp³-hybridized carbons (Fsp3) is 0.467. The van der Waals surface area contributed by atoms with Crippen molar-refractivity contribution in [2.75, 3.05) is 27.3 Å². The van der Waals surface area contributed by atoms with Gasteiger partial charge in [0, 0.05) is 13.6 Å². The first-order valence-electron chi connectivity index (χ1n) is 6.96. The molecule has 0 aliphatic carbocycles. The molecule has 1 rings (SSSR count). The van der Waals surface area contributed by atoms with Crippen LogP contribution in [0.15, 0.2) is 24.3 Å². The summed E-state index contributed by atoms with van der Waals surface area (Å²) in [5, 5.41) is 11.1. The number of nitrogens with zero attached hydrogens (tertiary/aromatic N) is 1. The van der Waals surface area contributed by atoms with Crippen LogP contribution in [0, 0.1) is 0 Å².